The van der Waals surface area contributed by atoms with Gasteiger partial charge in [0.05, 0.1) is 0 Å². The van der Waals surface area contributed by atoms with Gasteiger partial charge in [0.1, 0.15) is 0 Å². The fraction of sp³-hybridized carbons (Fsp3) is 0.867. The molecule has 1 aliphatic heterocycles. The minimum atomic E-state index is -0.809. The monoisotopic (exact) mass is 282 g/mol. The molecule has 114 valence electrons. The van der Waals surface area contributed by atoms with E-state index in [0.717, 1.165) is 19.4 Å². The Balaban J connectivity index is 1.82. The second kappa shape index (κ2) is 6.95. The molecule has 5 heteroatoms. The number of likely N-dealkylation sites (tertiary alicyclic amines) is 1. The number of carboxylic acid groups (broad SMARTS) is 1. The van der Waals surface area contributed by atoms with Crippen LogP contribution in [0.2, 0.25) is 0 Å². The number of amides is 2. The van der Waals surface area contributed by atoms with E-state index in [1.807, 2.05) is 11.8 Å². The first-order valence-corrected chi connectivity index (χ1v) is 7.87. The lowest BCUT2D eigenvalue weighted by molar-refractivity contribution is -0.137. The number of carboxylic acids is 1. The fourth-order valence-corrected chi connectivity index (χ4v) is 3.58. The molecule has 2 fully saturated rings. The Bertz CT molecular complexity index is 353. The van der Waals surface area contributed by atoms with E-state index >= 15 is 0 Å². The van der Waals surface area contributed by atoms with Gasteiger partial charge in [0.25, 0.3) is 0 Å². The molecule has 0 bridgehead atoms. The molecule has 20 heavy (non-hydrogen) atoms. The van der Waals surface area contributed by atoms with E-state index in [0.29, 0.717) is 18.4 Å². The molecule has 0 spiro atoms. The minimum Gasteiger partial charge on any atom is -0.481 e. The maximum atomic E-state index is 12.3. The van der Waals surface area contributed by atoms with Crippen LogP contribution in [0.4, 0.5) is 4.79 Å². The van der Waals surface area contributed by atoms with Gasteiger partial charge in [-0.3, -0.25) is 4.79 Å². The summed E-state index contributed by atoms with van der Waals surface area (Å²) in [7, 11) is 0. The number of carbonyl (C=O) groups excluding carboxylic acids is 1. The first-order chi connectivity index (χ1) is 9.58. The number of urea groups is 1. The largest absolute Gasteiger partial charge is 0.481 e. The maximum absolute atomic E-state index is 12.3. The van der Waals surface area contributed by atoms with E-state index in [1.165, 1.54) is 25.7 Å². The van der Waals surface area contributed by atoms with Gasteiger partial charge in [-0.1, -0.05) is 12.8 Å². The topological polar surface area (TPSA) is 69.6 Å². The lowest BCUT2D eigenvalue weighted by atomic mass is 9.96. The molecule has 2 atom stereocenters. The third-order valence-electron chi connectivity index (χ3n) is 4.67. The Kier molecular flexibility index (Phi) is 5.26. The molecule has 1 aliphatic carbocycles. The Labute approximate surface area is 120 Å². The van der Waals surface area contributed by atoms with Crippen LogP contribution in [0.25, 0.3) is 0 Å². The number of hydrogen-bond acceptors (Lipinski definition) is 2. The predicted octanol–water partition coefficient (Wildman–Crippen LogP) is 2.60. The number of nitrogens with zero attached hydrogens (tertiary/aromatic N) is 1. The molecule has 2 unspecified atom stereocenters. The quantitative estimate of drug-likeness (QED) is 0.814. The van der Waals surface area contributed by atoms with Crippen LogP contribution in [0.3, 0.4) is 0 Å². The molecule has 0 aromatic carbocycles. The van der Waals surface area contributed by atoms with Gasteiger partial charge in [0.15, 0.2) is 0 Å². The third kappa shape index (κ3) is 3.87. The van der Waals surface area contributed by atoms with Crippen molar-refractivity contribution in [2.24, 2.45) is 5.92 Å². The molecule has 5 nitrogen and oxygen atoms in total. The van der Waals surface area contributed by atoms with Crippen LogP contribution in [0, 0.1) is 5.92 Å². The standard InChI is InChI=1S/C15H26N2O3/c1-11(8-9-14(18)19)16-15(20)17-10-4-7-13(17)12-5-2-3-6-12/h11-13H,2-10H2,1H3,(H,16,20)(H,18,19). The van der Waals surface area contributed by atoms with Crippen molar-refractivity contribution in [3.8, 4) is 0 Å². The molecule has 0 radical (unpaired) electrons. The van der Waals surface area contributed by atoms with Crippen molar-refractivity contribution in [2.75, 3.05) is 6.54 Å². The smallest absolute Gasteiger partial charge is 0.317 e. The van der Waals surface area contributed by atoms with Crippen molar-refractivity contribution in [2.45, 2.75) is 70.4 Å². The van der Waals surface area contributed by atoms with Crippen LogP contribution in [-0.2, 0) is 4.79 Å². The summed E-state index contributed by atoms with van der Waals surface area (Å²) in [5.74, 6) is -0.131. The van der Waals surface area contributed by atoms with Crippen molar-refractivity contribution in [1.29, 1.82) is 0 Å². The van der Waals surface area contributed by atoms with Crippen LogP contribution in [0.15, 0.2) is 0 Å². The summed E-state index contributed by atoms with van der Waals surface area (Å²) >= 11 is 0. The second-order valence-corrected chi connectivity index (χ2v) is 6.23. The van der Waals surface area contributed by atoms with E-state index < -0.39 is 5.97 Å². The summed E-state index contributed by atoms with van der Waals surface area (Å²) in [6, 6.07) is 0.324. The molecule has 1 saturated carbocycles. The van der Waals surface area contributed by atoms with Gasteiger partial charge >= 0.3 is 12.0 Å². The lowest BCUT2D eigenvalue weighted by Gasteiger charge is -2.30. The van der Waals surface area contributed by atoms with Crippen molar-refractivity contribution in [1.82, 2.24) is 10.2 Å². The fourth-order valence-electron chi connectivity index (χ4n) is 3.58. The Morgan fingerprint density at radius 2 is 1.95 bits per heavy atom. The molecule has 0 aromatic rings. The number of aliphatic carboxylic acids is 1. The van der Waals surface area contributed by atoms with Crippen molar-refractivity contribution < 1.29 is 14.7 Å². The van der Waals surface area contributed by atoms with Crippen LogP contribution >= 0.6 is 0 Å². The summed E-state index contributed by atoms with van der Waals surface area (Å²) in [5.41, 5.74) is 0. The normalized spacial score (nSPS) is 24.9. The molecule has 2 N–H and O–H groups in total. The van der Waals surface area contributed by atoms with Crippen LogP contribution in [0.1, 0.15) is 58.3 Å². The maximum Gasteiger partial charge on any atom is 0.317 e. The number of rotatable bonds is 5. The van der Waals surface area contributed by atoms with Gasteiger partial charge in [-0.05, 0) is 44.9 Å². The first kappa shape index (κ1) is 15.1. The van der Waals surface area contributed by atoms with Gasteiger partial charge in [0.2, 0.25) is 0 Å². The van der Waals surface area contributed by atoms with Crippen molar-refractivity contribution in [3.63, 3.8) is 0 Å². The predicted molar refractivity (Wildman–Crippen MR) is 76.5 cm³/mol. The molecule has 1 saturated heterocycles. The Morgan fingerprint density at radius 1 is 1.25 bits per heavy atom. The SMILES string of the molecule is CC(CCC(=O)O)NC(=O)N1CCCC1C1CCCC1. The van der Waals surface area contributed by atoms with Gasteiger partial charge in [-0.15, -0.1) is 0 Å². The molecule has 2 amide bonds. The number of nitrogens with one attached hydrogen (secondary N) is 1. The summed E-state index contributed by atoms with van der Waals surface area (Å²) in [5, 5.41) is 11.6. The van der Waals surface area contributed by atoms with Crippen LogP contribution < -0.4 is 5.32 Å². The zero-order chi connectivity index (χ0) is 14.5. The summed E-state index contributed by atoms with van der Waals surface area (Å²) < 4.78 is 0. The number of hydrogen-bond donors (Lipinski definition) is 2. The van der Waals surface area contributed by atoms with Crippen molar-refractivity contribution >= 4 is 12.0 Å². The van der Waals surface area contributed by atoms with E-state index in [4.69, 9.17) is 5.11 Å². The van der Waals surface area contributed by atoms with E-state index in [1.54, 1.807) is 0 Å². The zero-order valence-corrected chi connectivity index (χ0v) is 12.3. The highest BCUT2D eigenvalue weighted by atomic mass is 16.4. The average molecular weight is 282 g/mol. The zero-order valence-electron chi connectivity index (χ0n) is 12.3. The highest BCUT2D eigenvalue weighted by Gasteiger charge is 2.36. The molecular weight excluding hydrogens is 256 g/mol. The van der Waals surface area contributed by atoms with Crippen LogP contribution in [0.5, 0.6) is 0 Å². The van der Waals surface area contributed by atoms with Gasteiger partial charge in [0, 0.05) is 25.0 Å². The first-order valence-electron chi connectivity index (χ1n) is 7.87. The van der Waals surface area contributed by atoms with E-state index in [-0.39, 0.29) is 18.5 Å². The Morgan fingerprint density at radius 3 is 2.60 bits per heavy atom. The van der Waals surface area contributed by atoms with Crippen LogP contribution in [-0.4, -0.2) is 40.6 Å². The van der Waals surface area contributed by atoms with Crippen molar-refractivity contribution in [3.05, 3.63) is 0 Å². The summed E-state index contributed by atoms with van der Waals surface area (Å²) in [6.45, 7) is 2.72. The lowest BCUT2D eigenvalue weighted by Crippen LogP contribution is -2.48. The number of carbonyl (C=O) groups is 2. The molecular formula is C15H26N2O3. The molecule has 2 rings (SSSR count). The van der Waals surface area contributed by atoms with Gasteiger partial charge in [-0.2, -0.15) is 0 Å². The van der Waals surface area contributed by atoms with Gasteiger partial charge in [-0.25, -0.2) is 4.79 Å². The second-order valence-electron chi connectivity index (χ2n) is 6.23. The molecule has 0 aromatic heterocycles. The van der Waals surface area contributed by atoms with E-state index in [2.05, 4.69) is 5.32 Å². The molecule has 1 heterocycles. The average Bonchev–Trinajstić information content (AvgIpc) is 3.05. The third-order valence-corrected chi connectivity index (χ3v) is 4.67. The minimum absolute atomic E-state index is 0.00251. The van der Waals surface area contributed by atoms with Gasteiger partial charge < -0.3 is 15.3 Å². The summed E-state index contributed by atoms with van der Waals surface area (Å²) in [4.78, 5) is 24.9. The highest BCUT2D eigenvalue weighted by Crippen LogP contribution is 2.35. The molecule has 2 aliphatic rings. The summed E-state index contributed by atoms with van der Waals surface area (Å²) in [6.07, 6.45) is 7.92. The highest BCUT2D eigenvalue weighted by molar-refractivity contribution is 5.75. The Hall–Kier alpha value is -1.26. The van der Waals surface area contributed by atoms with E-state index in [9.17, 15) is 9.59 Å².